The zero-order valence-electron chi connectivity index (χ0n) is 14.2. The SMILES string of the molecule is CCC(CNC(=NC)NCCC(=O)OC)Oc1cccc(F)c1.I. The molecule has 136 valence electrons. The molecule has 0 fully saturated rings. The number of hydrogen-bond donors (Lipinski definition) is 2. The molecule has 0 saturated carbocycles. The molecule has 0 spiro atoms. The summed E-state index contributed by atoms with van der Waals surface area (Å²) in [4.78, 5) is 15.1. The molecule has 6 nitrogen and oxygen atoms in total. The standard InChI is InChI=1S/C16H24FN3O3.HI/c1-4-13(23-14-7-5-6-12(17)10-14)11-20-16(18-2)19-9-8-15(21)22-3;/h5-7,10,13H,4,8-9,11H2,1-3H3,(H2,18,19,20);1H. The van der Waals surface area contributed by atoms with Crippen molar-refractivity contribution in [3.05, 3.63) is 30.1 Å². The highest BCUT2D eigenvalue weighted by Gasteiger charge is 2.10. The fraction of sp³-hybridized carbons (Fsp3) is 0.500. The van der Waals surface area contributed by atoms with E-state index in [0.717, 1.165) is 6.42 Å². The normalized spacial score (nSPS) is 11.9. The van der Waals surface area contributed by atoms with Crippen LogP contribution >= 0.6 is 24.0 Å². The molecule has 0 aliphatic rings. The lowest BCUT2D eigenvalue weighted by molar-refractivity contribution is -0.140. The van der Waals surface area contributed by atoms with E-state index in [-0.39, 0.29) is 48.3 Å². The predicted octanol–water partition coefficient (Wildman–Crippen LogP) is 2.33. The van der Waals surface area contributed by atoms with Gasteiger partial charge in [0.05, 0.1) is 20.1 Å². The van der Waals surface area contributed by atoms with Crippen molar-refractivity contribution in [3.63, 3.8) is 0 Å². The number of rotatable bonds is 8. The molecule has 0 bridgehead atoms. The highest BCUT2D eigenvalue weighted by Crippen LogP contribution is 2.14. The quantitative estimate of drug-likeness (QED) is 0.274. The third-order valence-electron chi connectivity index (χ3n) is 3.12. The van der Waals surface area contributed by atoms with Crippen LogP contribution < -0.4 is 15.4 Å². The summed E-state index contributed by atoms with van der Waals surface area (Å²) in [5, 5.41) is 6.12. The van der Waals surface area contributed by atoms with Gasteiger partial charge in [-0.3, -0.25) is 9.79 Å². The van der Waals surface area contributed by atoms with E-state index in [1.165, 1.54) is 19.2 Å². The minimum Gasteiger partial charge on any atom is -0.489 e. The molecule has 1 rings (SSSR count). The zero-order chi connectivity index (χ0) is 17.1. The van der Waals surface area contributed by atoms with Crippen molar-refractivity contribution in [3.8, 4) is 5.75 Å². The van der Waals surface area contributed by atoms with Crippen LogP contribution in [0.3, 0.4) is 0 Å². The van der Waals surface area contributed by atoms with Gasteiger partial charge in [-0.25, -0.2) is 4.39 Å². The Hall–Kier alpha value is -1.58. The Kier molecular flexibility index (Phi) is 12.0. The molecule has 0 amide bonds. The Labute approximate surface area is 159 Å². The minimum absolute atomic E-state index is 0. The molecule has 0 saturated heterocycles. The van der Waals surface area contributed by atoms with Gasteiger partial charge in [0.15, 0.2) is 5.96 Å². The van der Waals surface area contributed by atoms with Crippen LogP contribution in [-0.4, -0.2) is 45.3 Å². The molecular weight excluding hydrogens is 428 g/mol. The topological polar surface area (TPSA) is 72.0 Å². The first-order valence-corrected chi connectivity index (χ1v) is 7.52. The second kappa shape index (κ2) is 12.8. The number of hydrogen-bond acceptors (Lipinski definition) is 4. The Morgan fingerprint density at radius 3 is 2.71 bits per heavy atom. The van der Waals surface area contributed by atoms with Gasteiger partial charge in [0, 0.05) is 19.7 Å². The van der Waals surface area contributed by atoms with E-state index in [1.807, 2.05) is 6.92 Å². The Bertz CT molecular complexity index is 529. The second-order valence-corrected chi connectivity index (χ2v) is 4.81. The highest BCUT2D eigenvalue weighted by atomic mass is 127. The van der Waals surface area contributed by atoms with Crippen LogP contribution in [0.2, 0.25) is 0 Å². The number of ether oxygens (including phenoxy) is 2. The molecule has 1 unspecified atom stereocenters. The largest absolute Gasteiger partial charge is 0.489 e. The van der Waals surface area contributed by atoms with Crippen LogP contribution in [0.1, 0.15) is 19.8 Å². The molecule has 24 heavy (non-hydrogen) atoms. The van der Waals surface area contributed by atoms with Gasteiger partial charge in [0.1, 0.15) is 17.7 Å². The van der Waals surface area contributed by atoms with E-state index in [2.05, 4.69) is 20.4 Å². The molecule has 0 heterocycles. The third kappa shape index (κ3) is 8.90. The van der Waals surface area contributed by atoms with Crippen molar-refractivity contribution < 1.29 is 18.7 Å². The number of carbonyl (C=O) groups is 1. The van der Waals surface area contributed by atoms with Crippen molar-refractivity contribution in [2.45, 2.75) is 25.9 Å². The van der Waals surface area contributed by atoms with Crippen molar-refractivity contribution >= 4 is 35.9 Å². The molecule has 8 heteroatoms. The van der Waals surface area contributed by atoms with Crippen molar-refractivity contribution in [2.75, 3.05) is 27.2 Å². The lowest BCUT2D eigenvalue weighted by atomic mass is 10.2. The van der Waals surface area contributed by atoms with Gasteiger partial charge in [0.25, 0.3) is 0 Å². The van der Waals surface area contributed by atoms with Crippen molar-refractivity contribution in [1.82, 2.24) is 10.6 Å². The summed E-state index contributed by atoms with van der Waals surface area (Å²) >= 11 is 0. The van der Waals surface area contributed by atoms with E-state index < -0.39 is 0 Å². The average molecular weight is 453 g/mol. The number of nitrogens with one attached hydrogen (secondary N) is 2. The first-order valence-electron chi connectivity index (χ1n) is 7.52. The van der Waals surface area contributed by atoms with Crippen LogP contribution in [0.15, 0.2) is 29.3 Å². The molecule has 0 aliphatic carbocycles. The van der Waals surface area contributed by atoms with E-state index in [1.54, 1.807) is 19.2 Å². The first kappa shape index (κ1) is 22.4. The molecule has 0 aliphatic heterocycles. The highest BCUT2D eigenvalue weighted by molar-refractivity contribution is 14.0. The maximum Gasteiger partial charge on any atom is 0.307 e. The van der Waals surface area contributed by atoms with Crippen LogP contribution in [0.25, 0.3) is 0 Å². The van der Waals surface area contributed by atoms with Gasteiger partial charge >= 0.3 is 5.97 Å². The number of aliphatic imine (C=N–C) groups is 1. The van der Waals surface area contributed by atoms with Gasteiger partial charge in [-0.2, -0.15) is 0 Å². The maximum absolute atomic E-state index is 13.2. The Morgan fingerprint density at radius 1 is 1.38 bits per heavy atom. The minimum atomic E-state index is -0.328. The van der Waals surface area contributed by atoms with E-state index >= 15 is 0 Å². The molecule has 1 aromatic carbocycles. The monoisotopic (exact) mass is 453 g/mol. The van der Waals surface area contributed by atoms with Crippen LogP contribution in [0, 0.1) is 5.82 Å². The number of guanidine groups is 1. The number of halogens is 2. The Morgan fingerprint density at radius 2 is 2.12 bits per heavy atom. The predicted molar refractivity (Wildman–Crippen MR) is 103 cm³/mol. The fourth-order valence-electron chi connectivity index (χ4n) is 1.82. The summed E-state index contributed by atoms with van der Waals surface area (Å²) in [6, 6.07) is 6.05. The number of carbonyl (C=O) groups excluding carboxylic acids is 1. The zero-order valence-corrected chi connectivity index (χ0v) is 16.5. The van der Waals surface area contributed by atoms with Gasteiger partial charge < -0.3 is 20.1 Å². The molecular formula is C16H25FIN3O3. The van der Waals surface area contributed by atoms with Crippen LogP contribution in [-0.2, 0) is 9.53 Å². The van der Waals surface area contributed by atoms with Gasteiger partial charge in [-0.15, -0.1) is 24.0 Å². The molecule has 1 aromatic rings. The van der Waals surface area contributed by atoms with Gasteiger partial charge in [-0.05, 0) is 18.6 Å². The second-order valence-electron chi connectivity index (χ2n) is 4.81. The lowest BCUT2D eigenvalue weighted by Gasteiger charge is -2.20. The van der Waals surface area contributed by atoms with Gasteiger partial charge in [0.2, 0.25) is 0 Å². The average Bonchev–Trinajstić information content (AvgIpc) is 2.56. The number of methoxy groups -OCH3 is 1. The van der Waals surface area contributed by atoms with Crippen LogP contribution in [0.4, 0.5) is 4.39 Å². The van der Waals surface area contributed by atoms with Crippen molar-refractivity contribution in [1.29, 1.82) is 0 Å². The van der Waals surface area contributed by atoms with Gasteiger partial charge in [-0.1, -0.05) is 13.0 Å². The van der Waals surface area contributed by atoms with E-state index in [9.17, 15) is 9.18 Å². The molecule has 0 aromatic heterocycles. The summed E-state index contributed by atoms with van der Waals surface area (Å²) in [5.41, 5.74) is 0. The van der Waals surface area contributed by atoms with Crippen LogP contribution in [0.5, 0.6) is 5.75 Å². The third-order valence-corrected chi connectivity index (χ3v) is 3.12. The summed E-state index contributed by atoms with van der Waals surface area (Å²) in [7, 11) is 2.99. The molecule has 1 atom stereocenters. The summed E-state index contributed by atoms with van der Waals surface area (Å²) in [5.74, 6) is 0.446. The number of nitrogens with zero attached hydrogens (tertiary/aromatic N) is 1. The Balaban J connectivity index is 0.00000529. The lowest BCUT2D eigenvalue weighted by Crippen LogP contribution is -2.43. The first-order chi connectivity index (χ1) is 11.1. The fourth-order valence-corrected chi connectivity index (χ4v) is 1.82. The van der Waals surface area contributed by atoms with E-state index in [0.29, 0.717) is 24.8 Å². The smallest absolute Gasteiger partial charge is 0.307 e. The molecule has 2 N–H and O–H groups in total. The number of esters is 1. The summed E-state index contributed by atoms with van der Waals surface area (Å²) < 4.78 is 23.5. The maximum atomic E-state index is 13.2. The molecule has 0 radical (unpaired) electrons. The van der Waals surface area contributed by atoms with Crippen molar-refractivity contribution in [2.24, 2.45) is 4.99 Å². The summed E-state index contributed by atoms with van der Waals surface area (Å²) in [6.45, 7) is 2.91. The summed E-state index contributed by atoms with van der Waals surface area (Å²) in [6.07, 6.45) is 0.882. The number of benzene rings is 1. The van der Waals surface area contributed by atoms with E-state index in [4.69, 9.17) is 4.74 Å².